The molecule has 0 saturated heterocycles. The molecule has 4 aromatic rings. The zero-order valence-corrected chi connectivity index (χ0v) is 22.6. The molecule has 4 rings (SSSR count). The number of rotatable bonds is 12. The number of ether oxygens (including phenoxy) is 2. The third kappa shape index (κ3) is 6.88. The van der Waals surface area contributed by atoms with E-state index in [0.29, 0.717) is 35.9 Å². The van der Waals surface area contributed by atoms with Crippen LogP contribution in [0.25, 0.3) is 5.95 Å². The summed E-state index contributed by atoms with van der Waals surface area (Å²) in [6.45, 7) is 5.16. The first-order chi connectivity index (χ1) is 18.7. The molecule has 11 heteroatoms. The summed E-state index contributed by atoms with van der Waals surface area (Å²) >= 11 is 0. The Balaban J connectivity index is 1.75. The molecule has 0 radical (unpaired) electrons. The van der Waals surface area contributed by atoms with E-state index in [1.807, 2.05) is 70.4 Å². The number of nitrogens with two attached hydrogens (primary N) is 1. The minimum absolute atomic E-state index is 0.00414. The molecule has 2 aromatic carbocycles. The van der Waals surface area contributed by atoms with Gasteiger partial charge in [-0.25, -0.2) is 14.8 Å². The number of hydrogen-bond acceptors (Lipinski definition) is 8. The fourth-order valence-electron chi connectivity index (χ4n) is 4.34. The fraction of sp³-hybridized carbons (Fsp3) is 0.321. The lowest BCUT2D eigenvalue weighted by atomic mass is 9.90. The predicted molar refractivity (Wildman–Crippen MR) is 149 cm³/mol. The van der Waals surface area contributed by atoms with Gasteiger partial charge in [0.15, 0.2) is 11.5 Å². The van der Waals surface area contributed by atoms with Crippen LogP contribution in [-0.2, 0) is 6.42 Å². The number of nitrogens with one attached hydrogen (secondary N) is 2. The Bertz CT molecular complexity index is 1450. The van der Waals surface area contributed by atoms with Crippen LogP contribution in [0.3, 0.4) is 0 Å². The van der Waals surface area contributed by atoms with E-state index < -0.39 is 5.69 Å². The van der Waals surface area contributed by atoms with Gasteiger partial charge in [-0.3, -0.25) is 10.4 Å². The molecule has 0 aliphatic heterocycles. The number of benzene rings is 2. The molecule has 39 heavy (non-hydrogen) atoms. The van der Waals surface area contributed by atoms with Crippen LogP contribution in [0.2, 0.25) is 0 Å². The topological polar surface area (TPSA) is 148 Å². The van der Waals surface area contributed by atoms with Crippen molar-refractivity contribution in [1.29, 1.82) is 5.41 Å². The summed E-state index contributed by atoms with van der Waals surface area (Å²) in [6.07, 6.45) is 3.59. The fourth-order valence-corrected chi connectivity index (χ4v) is 4.34. The van der Waals surface area contributed by atoms with Gasteiger partial charge in [0.25, 0.3) is 5.95 Å². The summed E-state index contributed by atoms with van der Waals surface area (Å²) in [5, 5.41) is 12.2. The Morgan fingerprint density at radius 3 is 2.49 bits per heavy atom. The van der Waals surface area contributed by atoms with Gasteiger partial charge < -0.3 is 20.1 Å². The summed E-state index contributed by atoms with van der Waals surface area (Å²) in [5.41, 5.74) is 7.70. The lowest BCUT2D eigenvalue weighted by Gasteiger charge is -2.22. The van der Waals surface area contributed by atoms with Crippen molar-refractivity contribution in [2.24, 2.45) is 5.73 Å². The van der Waals surface area contributed by atoms with Gasteiger partial charge in [-0.15, -0.1) is 9.78 Å². The van der Waals surface area contributed by atoms with Crippen molar-refractivity contribution in [3.8, 4) is 17.4 Å². The van der Waals surface area contributed by atoms with Crippen molar-refractivity contribution in [2.75, 3.05) is 27.2 Å². The molecular formula is C28H34N8O3. The number of nitrogen functional groups attached to an aromatic ring is 1. The Morgan fingerprint density at radius 1 is 1.13 bits per heavy atom. The van der Waals surface area contributed by atoms with Crippen LogP contribution in [0.5, 0.6) is 11.5 Å². The lowest BCUT2D eigenvalue weighted by Crippen LogP contribution is -2.28. The van der Waals surface area contributed by atoms with E-state index in [0.717, 1.165) is 22.4 Å². The monoisotopic (exact) mass is 530 g/mol. The number of aromatic nitrogens is 5. The highest BCUT2D eigenvalue weighted by molar-refractivity contribution is 5.94. The molecule has 0 aliphatic carbocycles. The number of H-pyrrole nitrogens is 1. The lowest BCUT2D eigenvalue weighted by molar-refractivity contribution is 0.168. The van der Waals surface area contributed by atoms with Crippen LogP contribution in [0, 0.1) is 5.41 Å². The van der Waals surface area contributed by atoms with Gasteiger partial charge in [0, 0.05) is 30.4 Å². The Hall–Kier alpha value is -4.51. The van der Waals surface area contributed by atoms with Crippen LogP contribution < -0.4 is 20.9 Å². The number of nitrogens with zero attached hydrogens (tertiary/aromatic N) is 5. The summed E-state index contributed by atoms with van der Waals surface area (Å²) in [5.74, 6) is 1.58. The maximum atomic E-state index is 12.9. The van der Waals surface area contributed by atoms with Crippen LogP contribution in [0.1, 0.15) is 42.3 Å². The van der Waals surface area contributed by atoms with E-state index in [1.54, 1.807) is 18.5 Å². The molecule has 204 valence electrons. The Labute approximate surface area is 227 Å². The summed E-state index contributed by atoms with van der Waals surface area (Å²) in [6, 6.07) is 14.9. The molecule has 0 spiro atoms. The van der Waals surface area contributed by atoms with Gasteiger partial charge in [-0.1, -0.05) is 30.3 Å². The predicted octanol–water partition coefficient (Wildman–Crippen LogP) is 2.74. The minimum atomic E-state index is -0.435. The third-order valence-corrected chi connectivity index (χ3v) is 6.03. The van der Waals surface area contributed by atoms with Crippen molar-refractivity contribution in [1.82, 2.24) is 29.6 Å². The second-order valence-electron chi connectivity index (χ2n) is 9.47. The SMILES string of the molecule is CCOc1cc(C(Cc2ccc(C(=N)N)cc2)c2nn(-c3ncccn3)c(=O)[nH]2)ccc1OC(C)CN(C)C. The number of hydrogen-bond donors (Lipinski definition) is 3. The second-order valence-corrected chi connectivity index (χ2v) is 9.47. The number of likely N-dealkylation sites (N-methyl/N-ethyl adjacent to an activating group) is 1. The molecule has 11 nitrogen and oxygen atoms in total. The molecule has 2 heterocycles. The molecule has 0 fully saturated rings. The Morgan fingerprint density at radius 2 is 1.85 bits per heavy atom. The molecule has 0 bridgehead atoms. The van der Waals surface area contributed by atoms with Gasteiger partial charge in [-0.2, -0.15) is 0 Å². The van der Waals surface area contributed by atoms with Crippen LogP contribution in [0.15, 0.2) is 65.7 Å². The summed E-state index contributed by atoms with van der Waals surface area (Å²) < 4.78 is 13.3. The van der Waals surface area contributed by atoms with Gasteiger partial charge >= 0.3 is 5.69 Å². The molecule has 0 aliphatic rings. The van der Waals surface area contributed by atoms with E-state index in [-0.39, 0.29) is 23.8 Å². The molecule has 4 N–H and O–H groups in total. The van der Waals surface area contributed by atoms with Gasteiger partial charge in [0.2, 0.25) is 0 Å². The van der Waals surface area contributed by atoms with Crippen LogP contribution in [0.4, 0.5) is 0 Å². The Kier molecular flexibility index (Phi) is 8.72. The zero-order valence-electron chi connectivity index (χ0n) is 22.6. The van der Waals surface area contributed by atoms with E-state index in [4.69, 9.17) is 20.6 Å². The standard InChI is InChI=1S/C28H34N8O3/c1-5-38-24-16-21(11-12-23(24)39-18(2)17-35(3)4)22(15-19-7-9-20(10-8-19)25(29)30)26-33-28(37)36(34-26)27-31-13-6-14-32-27/h6-14,16,18,22H,5,15,17H2,1-4H3,(H3,29,30)(H,33,34,37). The molecular weight excluding hydrogens is 496 g/mol. The largest absolute Gasteiger partial charge is 0.490 e. The van der Waals surface area contributed by atoms with Gasteiger partial charge in [0.05, 0.1) is 6.61 Å². The van der Waals surface area contributed by atoms with Crippen molar-refractivity contribution in [2.45, 2.75) is 32.3 Å². The first kappa shape index (κ1) is 27.5. The van der Waals surface area contributed by atoms with E-state index in [9.17, 15) is 4.79 Å². The normalized spacial score (nSPS) is 12.7. The van der Waals surface area contributed by atoms with Crippen molar-refractivity contribution in [3.63, 3.8) is 0 Å². The quantitative estimate of drug-likeness (QED) is 0.187. The van der Waals surface area contributed by atoms with E-state index in [2.05, 4.69) is 25.0 Å². The van der Waals surface area contributed by atoms with Crippen molar-refractivity contribution >= 4 is 5.84 Å². The minimum Gasteiger partial charge on any atom is -0.490 e. The summed E-state index contributed by atoms with van der Waals surface area (Å²) in [4.78, 5) is 26.1. The molecule has 2 aromatic heterocycles. The first-order valence-corrected chi connectivity index (χ1v) is 12.7. The maximum Gasteiger partial charge on any atom is 0.350 e. The van der Waals surface area contributed by atoms with Gasteiger partial charge in [-0.05, 0) is 63.7 Å². The smallest absolute Gasteiger partial charge is 0.350 e. The van der Waals surface area contributed by atoms with Crippen LogP contribution >= 0.6 is 0 Å². The zero-order chi connectivity index (χ0) is 27.9. The maximum absolute atomic E-state index is 12.9. The van der Waals surface area contributed by atoms with E-state index >= 15 is 0 Å². The van der Waals surface area contributed by atoms with E-state index in [1.165, 1.54) is 0 Å². The molecule has 2 atom stereocenters. The number of amidine groups is 1. The molecule has 2 unspecified atom stereocenters. The molecule has 0 saturated carbocycles. The highest BCUT2D eigenvalue weighted by atomic mass is 16.5. The van der Waals surface area contributed by atoms with Crippen LogP contribution in [-0.4, -0.2) is 68.8 Å². The third-order valence-electron chi connectivity index (χ3n) is 6.03. The second kappa shape index (κ2) is 12.4. The summed E-state index contributed by atoms with van der Waals surface area (Å²) in [7, 11) is 4.00. The van der Waals surface area contributed by atoms with Crippen molar-refractivity contribution < 1.29 is 9.47 Å². The first-order valence-electron chi connectivity index (χ1n) is 12.7. The average molecular weight is 531 g/mol. The number of aromatic amines is 1. The highest BCUT2D eigenvalue weighted by Gasteiger charge is 2.23. The average Bonchev–Trinajstić information content (AvgIpc) is 3.30. The molecule has 0 amide bonds. The van der Waals surface area contributed by atoms with Crippen molar-refractivity contribution in [3.05, 3.63) is 93.9 Å². The highest BCUT2D eigenvalue weighted by Crippen LogP contribution is 2.35. The van der Waals surface area contributed by atoms with Gasteiger partial charge in [0.1, 0.15) is 17.8 Å².